The number of nitrogens with one attached hydrogen (secondary N) is 1. The average molecular weight is 411 g/mol. The van der Waals surface area contributed by atoms with Gasteiger partial charge in [-0.25, -0.2) is 4.98 Å². The van der Waals surface area contributed by atoms with Crippen LogP contribution in [0.5, 0.6) is 0 Å². The van der Waals surface area contributed by atoms with Crippen LogP contribution in [0.1, 0.15) is 17.6 Å². The molecule has 0 spiro atoms. The van der Waals surface area contributed by atoms with E-state index in [1.807, 2.05) is 48.1 Å². The molecule has 3 aromatic rings. The highest BCUT2D eigenvalue weighted by molar-refractivity contribution is 9.11. The minimum absolute atomic E-state index is 0.171. The summed E-state index contributed by atoms with van der Waals surface area (Å²) in [5.74, 6) is 1.69. The van der Waals surface area contributed by atoms with Gasteiger partial charge in [-0.2, -0.15) is 0 Å². The standard InChI is InChI=1S/C15H13Br2N3O/c1-20-8-7-18-15(20)14(12-6-3-9-21-12)19-13-10(16)4-2-5-11(13)17/h2-9,14,19H,1H3. The summed E-state index contributed by atoms with van der Waals surface area (Å²) in [5.41, 5.74) is 0.960. The SMILES string of the molecule is Cn1ccnc1C(Nc1c(Br)cccc1Br)c1ccco1. The van der Waals surface area contributed by atoms with E-state index in [-0.39, 0.29) is 6.04 Å². The molecule has 1 aromatic carbocycles. The van der Waals surface area contributed by atoms with E-state index in [4.69, 9.17) is 4.42 Å². The Labute approximate surface area is 139 Å². The van der Waals surface area contributed by atoms with Gasteiger partial charge in [0.25, 0.3) is 0 Å². The van der Waals surface area contributed by atoms with Crippen molar-refractivity contribution in [3.8, 4) is 0 Å². The van der Waals surface area contributed by atoms with Crippen LogP contribution >= 0.6 is 31.9 Å². The molecular formula is C15H13Br2N3O. The first kappa shape index (κ1) is 14.4. The zero-order valence-electron chi connectivity index (χ0n) is 11.3. The molecule has 1 atom stereocenters. The zero-order valence-corrected chi connectivity index (χ0v) is 14.4. The van der Waals surface area contributed by atoms with Crippen molar-refractivity contribution in [3.05, 3.63) is 69.5 Å². The van der Waals surface area contributed by atoms with Crippen molar-refractivity contribution in [2.75, 3.05) is 5.32 Å². The van der Waals surface area contributed by atoms with Gasteiger partial charge >= 0.3 is 0 Å². The van der Waals surface area contributed by atoms with Crippen LogP contribution in [-0.4, -0.2) is 9.55 Å². The maximum Gasteiger partial charge on any atom is 0.143 e. The Morgan fingerprint density at radius 2 is 1.95 bits per heavy atom. The third-order valence-corrected chi connectivity index (χ3v) is 4.52. The molecule has 0 fully saturated rings. The number of benzene rings is 1. The van der Waals surface area contributed by atoms with Crippen LogP contribution in [0.3, 0.4) is 0 Å². The molecule has 0 saturated heterocycles. The summed E-state index contributed by atoms with van der Waals surface area (Å²) in [4.78, 5) is 4.44. The lowest BCUT2D eigenvalue weighted by Crippen LogP contribution is -2.16. The summed E-state index contributed by atoms with van der Waals surface area (Å²) in [6.45, 7) is 0. The number of rotatable bonds is 4. The van der Waals surface area contributed by atoms with Gasteiger partial charge in [0.15, 0.2) is 0 Å². The van der Waals surface area contributed by atoms with Gasteiger partial charge < -0.3 is 14.3 Å². The first-order chi connectivity index (χ1) is 10.2. The van der Waals surface area contributed by atoms with E-state index in [1.165, 1.54) is 0 Å². The Kier molecular flexibility index (Phi) is 4.17. The smallest absolute Gasteiger partial charge is 0.143 e. The lowest BCUT2D eigenvalue weighted by Gasteiger charge is -2.19. The Morgan fingerprint density at radius 1 is 1.19 bits per heavy atom. The molecule has 108 valence electrons. The predicted octanol–water partition coefficient (Wildman–Crippen LogP) is 4.74. The normalized spacial score (nSPS) is 12.3. The summed E-state index contributed by atoms with van der Waals surface area (Å²) in [5, 5.41) is 3.49. The van der Waals surface area contributed by atoms with E-state index in [0.717, 1.165) is 26.2 Å². The minimum Gasteiger partial charge on any atom is -0.467 e. The van der Waals surface area contributed by atoms with Crippen molar-refractivity contribution < 1.29 is 4.42 Å². The summed E-state index contributed by atoms with van der Waals surface area (Å²) in [6, 6.07) is 9.60. The van der Waals surface area contributed by atoms with Crippen molar-refractivity contribution >= 4 is 37.5 Å². The predicted molar refractivity (Wildman–Crippen MR) is 89.2 cm³/mol. The maximum atomic E-state index is 5.58. The number of para-hydroxylation sites is 1. The van der Waals surface area contributed by atoms with E-state index in [0.29, 0.717) is 0 Å². The molecule has 6 heteroatoms. The van der Waals surface area contributed by atoms with E-state index >= 15 is 0 Å². The topological polar surface area (TPSA) is 43.0 Å². The summed E-state index contributed by atoms with van der Waals surface area (Å²) < 4.78 is 9.51. The fourth-order valence-electron chi connectivity index (χ4n) is 2.15. The molecule has 0 radical (unpaired) electrons. The second-order valence-corrected chi connectivity index (χ2v) is 6.29. The third kappa shape index (κ3) is 2.91. The number of aryl methyl sites for hydroxylation is 1. The van der Waals surface area contributed by atoms with Gasteiger partial charge in [0.05, 0.1) is 12.0 Å². The Balaban J connectivity index is 2.03. The highest BCUT2D eigenvalue weighted by atomic mass is 79.9. The van der Waals surface area contributed by atoms with E-state index in [9.17, 15) is 0 Å². The third-order valence-electron chi connectivity index (χ3n) is 3.20. The molecule has 1 N–H and O–H groups in total. The van der Waals surface area contributed by atoms with Crippen molar-refractivity contribution in [1.82, 2.24) is 9.55 Å². The number of imidazole rings is 1. The minimum atomic E-state index is -0.171. The lowest BCUT2D eigenvalue weighted by atomic mass is 10.2. The second-order valence-electron chi connectivity index (χ2n) is 4.59. The van der Waals surface area contributed by atoms with Gasteiger partial charge in [-0.1, -0.05) is 6.07 Å². The largest absolute Gasteiger partial charge is 0.467 e. The van der Waals surface area contributed by atoms with Crippen molar-refractivity contribution in [3.63, 3.8) is 0 Å². The number of aromatic nitrogens is 2. The van der Waals surface area contributed by atoms with Crippen LogP contribution in [-0.2, 0) is 7.05 Å². The number of hydrogen-bond donors (Lipinski definition) is 1. The second kappa shape index (κ2) is 6.07. The van der Waals surface area contributed by atoms with Gasteiger partial charge in [0.2, 0.25) is 0 Å². The molecule has 4 nitrogen and oxygen atoms in total. The average Bonchev–Trinajstić information content (AvgIpc) is 3.11. The molecular weight excluding hydrogens is 398 g/mol. The van der Waals surface area contributed by atoms with E-state index in [2.05, 4.69) is 42.2 Å². The van der Waals surface area contributed by atoms with Crippen molar-refractivity contribution in [2.24, 2.45) is 7.05 Å². The molecule has 21 heavy (non-hydrogen) atoms. The molecule has 1 unspecified atom stereocenters. The fourth-order valence-corrected chi connectivity index (χ4v) is 3.38. The molecule has 3 rings (SSSR count). The summed E-state index contributed by atoms with van der Waals surface area (Å²) in [7, 11) is 1.97. The van der Waals surface area contributed by atoms with Crippen LogP contribution in [0.2, 0.25) is 0 Å². The Hall–Kier alpha value is -1.53. The Bertz CT molecular complexity index is 717. The van der Waals surface area contributed by atoms with E-state index in [1.54, 1.807) is 12.5 Å². The number of halogens is 2. The van der Waals surface area contributed by atoms with Crippen molar-refractivity contribution in [2.45, 2.75) is 6.04 Å². The molecule has 0 aliphatic heterocycles. The number of furan rings is 1. The van der Waals surface area contributed by atoms with Crippen LogP contribution in [0.25, 0.3) is 0 Å². The summed E-state index contributed by atoms with van der Waals surface area (Å²) >= 11 is 7.14. The number of hydrogen-bond acceptors (Lipinski definition) is 3. The highest BCUT2D eigenvalue weighted by Gasteiger charge is 2.22. The maximum absolute atomic E-state index is 5.58. The molecule has 2 aromatic heterocycles. The number of nitrogens with zero attached hydrogens (tertiary/aromatic N) is 2. The van der Waals surface area contributed by atoms with Crippen LogP contribution < -0.4 is 5.32 Å². The quantitative estimate of drug-likeness (QED) is 0.675. The molecule has 0 aliphatic rings. The number of anilines is 1. The van der Waals surface area contributed by atoms with Crippen LogP contribution in [0, 0.1) is 0 Å². The van der Waals surface area contributed by atoms with Gasteiger partial charge in [0, 0.05) is 28.4 Å². The molecule has 0 bridgehead atoms. The molecule has 0 amide bonds. The Morgan fingerprint density at radius 3 is 2.52 bits per heavy atom. The fraction of sp³-hybridized carbons (Fsp3) is 0.133. The lowest BCUT2D eigenvalue weighted by molar-refractivity contribution is 0.488. The monoisotopic (exact) mass is 409 g/mol. The van der Waals surface area contributed by atoms with Gasteiger partial charge in [-0.3, -0.25) is 0 Å². The summed E-state index contributed by atoms with van der Waals surface area (Å²) in [6.07, 6.45) is 5.37. The molecule has 0 saturated carbocycles. The highest BCUT2D eigenvalue weighted by Crippen LogP contribution is 2.35. The van der Waals surface area contributed by atoms with E-state index < -0.39 is 0 Å². The molecule has 2 heterocycles. The van der Waals surface area contributed by atoms with Crippen LogP contribution in [0.4, 0.5) is 5.69 Å². The molecule has 0 aliphatic carbocycles. The zero-order chi connectivity index (χ0) is 14.8. The van der Waals surface area contributed by atoms with Crippen LogP contribution in [0.15, 0.2) is 62.4 Å². The first-order valence-corrected chi connectivity index (χ1v) is 7.96. The van der Waals surface area contributed by atoms with Gasteiger partial charge in [-0.15, -0.1) is 0 Å². The van der Waals surface area contributed by atoms with Crippen molar-refractivity contribution in [1.29, 1.82) is 0 Å². The van der Waals surface area contributed by atoms with Gasteiger partial charge in [-0.05, 0) is 56.1 Å². The van der Waals surface area contributed by atoms with Gasteiger partial charge in [0.1, 0.15) is 17.6 Å². The first-order valence-electron chi connectivity index (χ1n) is 6.38.